The highest BCUT2D eigenvalue weighted by Crippen LogP contribution is 2.18. The zero-order valence-electron chi connectivity index (χ0n) is 14.3. The number of carbonyl (C=O) groups excluding carboxylic acids is 1. The molecule has 0 bridgehead atoms. The van der Waals surface area contributed by atoms with Gasteiger partial charge in [-0.3, -0.25) is 4.79 Å². The second-order valence-corrected chi connectivity index (χ2v) is 6.70. The van der Waals surface area contributed by atoms with E-state index in [2.05, 4.69) is 15.2 Å². The minimum Gasteiger partial charge on any atom is -0.344 e. The zero-order valence-corrected chi connectivity index (χ0v) is 15.1. The molecule has 0 fully saturated rings. The van der Waals surface area contributed by atoms with Crippen molar-refractivity contribution in [2.24, 2.45) is 0 Å². The van der Waals surface area contributed by atoms with Crippen LogP contribution in [-0.2, 0) is 0 Å². The van der Waals surface area contributed by atoms with Crippen LogP contribution in [0, 0.1) is 0 Å². The van der Waals surface area contributed by atoms with Crippen molar-refractivity contribution in [3.05, 3.63) is 71.1 Å². The monoisotopic (exact) mass is 356 g/mol. The van der Waals surface area contributed by atoms with Crippen LogP contribution in [0.4, 0.5) is 0 Å². The minimum atomic E-state index is -0.188. The van der Waals surface area contributed by atoms with E-state index in [1.807, 2.05) is 44.4 Å². The van der Waals surface area contributed by atoms with Gasteiger partial charge in [-0.2, -0.15) is 0 Å². The Kier molecular flexibility index (Phi) is 5.36. The van der Waals surface area contributed by atoms with E-state index < -0.39 is 0 Å². The molecule has 0 spiro atoms. The lowest BCUT2D eigenvalue weighted by Gasteiger charge is -2.20. The largest absolute Gasteiger partial charge is 0.344 e. The molecule has 0 unspecified atom stereocenters. The molecule has 1 atom stereocenters. The summed E-state index contributed by atoms with van der Waals surface area (Å²) in [4.78, 5) is 19.2. The normalized spacial score (nSPS) is 12.5. The van der Waals surface area contributed by atoms with Crippen molar-refractivity contribution in [1.82, 2.24) is 19.6 Å². The highest BCUT2D eigenvalue weighted by Gasteiger charge is 2.18. The Bertz CT molecular complexity index is 860. The van der Waals surface area contributed by atoms with Crippen LogP contribution >= 0.6 is 11.6 Å². The SMILES string of the molecule is CN(C)CC[C@H](NC(=O)c1cn2cc(Cl)ccc2n1)c1ccccc1. The van der Waals surface area contributed by atoms with Crippen molar-refractivity contribution in [2.45, 2.75) is 12.5 Å². The lowest BCUT2D eigenvalue weighted by molar-refractivity contribution is 0.0928. The van der Waals surface area contributed by atoms with Gasteiger partial charge < -0.3 is 14.6 Å². The Morgan fingerprint density at radius 3 is 2.68 bits per heavy atom. The maximum Gasteiger partial charge on any atom is 0.271 e. The maximum atomic E-state index is 12.7. The van der Waals surface area contributed by atoms with E-state index >= 15 is 0 Å². The Balaban J connectivity index is 1.80. The van der Waals surface area contributed by atoms with Crippen molar-refractivity contribution in [1.29, 1.82) is 0 Å². The molecule has 130 valence electrons. The van der Waals surface area contributed by atoms with Gasteiger partial charge in [-0.25, -0.2) is 4.98 Å². The quantitative estimate of drug-likeness (QED) is 0.736. The molecule has 25 heavy (non-hydrogen) atoms. The summed E-state index contributed by atoms with van der Waals surface area (Å²) in [7, 11) is 4.05. The zero-order chi connectivity index (χ0) is 17.8. The van der Waals surface area contributed by atoms with E-state index in [0.717, 1.165) is 18.5 Å². The number of rotatable bonds is 6. The van der Waals surface area contributed by atoms with E-state index in [1.165, 1.54) is 0 Å². The van der Waals surface area contributed by atoms with Crippen molar-refractivity contribution in [3.63, 3.8) is 0 Å². The second kappa shape index (κ2) is 7.68. The summed E-state index contributed by atoms with van der Waals surface area (Å²) in [5.41, 5.74) is 2.16. The third kappa shape index (κ3) is 4.38. The van der Waals surface area contributed by atoms with Crippen LogP contribution in [0.1, 0.15) is 28.5 Å². The van der Waals surface area contributed by atoms with Crippen molar-refractivity contribution < 1.29 is 4.79 Å². The number of benzene rings is 1. The molecule has 1 amide bonds. The molecule has 0 aliphatic heterocycles. The van der Waals surface area contributed by atoms with Crippen molar-refractivity contribution in [2.75, 3.05) is 20.6 Å². The van der Waals surface area contributed by atoms with Crippen LogP contribution in [0.15, 0.2) is 54.9 Å². The van der Waals surface area contributed by atoms with Crippen LogP contribution in [0.2, 0.25) is 5.02 Å². The average molecular weight is 357 g/mol. The number of carbonyl (C=O) groups is 1. The summed E-state index contributed by atoms with van der Waals surface area (Å²) in [5, 5.41) is 3.71. The Morgan fingerprint density at radius 1 is 1.20 bits per heavy atom. The van der Waals surface area contributed by atoms with Crippen LogP contribution < -0.4 is 5.32 Å². The lowest BCUT2D eigenvalue weighted by atomic mass is 10.0. The standard InChI is InChI=1S/C19H21ClN4O/c1-23(2)11-10-16(14-6-4-3-5-7-14)22-19(25)17-13-24-12-15(20)8-9-18(24)21-17/h3-9,12-13,16H,10-11H2,1-2H3,(H,22,25)/t16-/m0/s1. The van der Waals surface area contributed by atoms with Gasteiger partial charge in [0.2, 0.25) is 0 Å². The molecular formula is C19H21ClN4O. The van der Waals surface area contributed by atoms with Gasteiger partial charge in [0, 0.05) is 12.4 Å². The smallest absolute Gasteiger partial charge is 0.271 e. The first-order valence-electron chi connectivity index (χ1n) is 8.18. The number of nitrogens with one attached hydrogen (secondary N) is 1. The summed E-state index contributed by atoms with van der Waals surface area (Å²) >= 11 is 5.99. The Morgan fingerprint density at radius 2 is 1.96 bits per heavy atom. The van der Waals surface area contributed by atoms with Gasteiger partial charge in [0.15, 0.2) is 0 Å². The highest BCUT2D eigenvalue weighted by atomic mass is 35.5. The van der Waals surface area contributed by atoms with Gasteiger partial charge in [0.25, 0.3) is 5.91 Å². The van der Waals surface area contributed by atoms with Crippen LogP contribution in [-0.4, -0.2) is 40.8 Å². The summed E-state index contributed by atoms with van der Waals surface area (Å²) < 4.78 is 1.76. The van der Waals surface area contributed by atoms with Gasteiger partial charge in [0.1, 0.15) is 11.3 Å². The van der Waals surface area contributed by atoms with Gasteiger partial charge >= 0.3 is 0 Å². The fourth-order valence-electron chi connectivity index (χ4n) is 2.70. The number of hydrogen-bond donors (Lipinski definition) is 1. The van der Waals surface area contributed by atoms with Crippen molar-refractivity contribution in [3.8, 4) is 0 Å². The number of imidazole rings is 1. The van der Waals surface area contributed by atoms with E-state index in [0.29, 0.717) is 16.4 Å². The molecule has 3 rings (SSSR count). The topological polar surface area (TPSA) is 49.6 Å². The van der Waals surface area contributed by atoms with Crippen LogP contribution in [0.3, 0.4) is 0 Å². The highest BCUT2D eigenvalue weighted by molar-refractivity contribution is 6.30. The molecule has 0 saturated heterocycles. The summed E-state index contributed by atoms with van der Waals surface area (Å²) in [6, 6.07) is 13.5. The number of fused-ring (bicyclic) bond motifs is 1. The maximum absolute atomic E-state index is 12.7. The number of aromatic nitrogens is 2. The summed E-state index contributed by atoms with van der Waals surface area (Å²) in [6.45, 7) is 0.876. The number of amides is 1. The molecule has 2 aromatic heterocycles. The molecule has 1 aromatic carbocycles. The Labute approximate surface area is 152 Å². The molecule has 0 aliphatic carbocycles. The molecule has 3 aromatic rings. The molecule has 6 heteroatoms. The lowest BCUT2D eigenvalue weighted by Crippen LogP contribution is -2.31. The fraction of sp³-hybridized carbons (Fsp3) is 0.263. The predicted octanol–water partition coefficient (Wildman–Crippen LogP) is 3.41. The molecule has 0 radical (unpaired) electrons. The first-order valence-corrected chi connectivity index (χ1v) is 8.55. The van der Waals surface area contributed by atoms with E-state index in [1.54, 1.807) is 28.9 Å². The van der Waals surface area contributed by atoms with Gasteiger partial charge in [-0.15, -0.1) is 0 Å². The minimum absolute atomic E-state index is 0.0653. The molecule has 0 saturated carbocycles. The molecular weight excluding hydrogens is 336 g/mol. The van der Waals surface area contributed by atoms with Gasteiger partial charge in [-0.1, -0.05) is 41.9 Å². The third-order valence-corrected chi connectivity index (χ3v) is 4.24. The Hall–Kier alpha value is -2.37. The van der Waals surface area contributed by atoms with E-state index in [9.17, 15) is 4.79 Å². The molecule has 5 nitrogen and oxygen atoms in total. The van der Waals surface area contributed by atoms with Crippen LogP contribution in [0.25, 0.3) is 5.65 Å². The average Bonchev–Trinajstić information content (AvgIpc) is 3.02. The van der Waals surface area contributed by atoms with Gasteiger partial charge in [-0.05, 0) is 44.8 Å². The number of hydrogen-bond acceptors (Lipinski definition) is 3. The summed E-state index contributed by atoms with van der Waals surface area (Å²) in [5.74, 6) is -0.188. The summed E-state index contributed by atoms with van der Waals surface area (Å²) in [6.07, 6.45) is 4.26. The fourth-order valence-corrected chi connectivity index (χ4v) is 2.87. The predicted molar refractivity (Wildman–Crippen MR) is 100 cm³/mol. The van der Waals surface area contributed by atoms with Crippen LogP contribution in [0.5, 0.6) is 0 Å². The first-order chi connectivity index (χ1) is 12.0. The molecule has 2 heterocycles. The third-order valence-electron chi connectivity index (χ3n) is 4.02. The van der Waals surface area contributed by atoms with E-state index in [4.69, 9.17) is 11.6 Å². The first kappa shape index (κ1) is 17.5. The van der Waals surface area contributed by atoms with Crippen molar-refractivity contribution >= 4 is 23.2 Å². The van der Waals surface area contributed by atoms with E-state index in [-0.39, 0.29) is 11.9 Å². The van der Waals surface area contributed by atoms with Gasteiger partial charge in [0.05, 0.1) is 11.1 Å². The molecule has 0 aliphatic rings. The number of nitrogens with zero attached hydrogens (tertiary/aromatic N) is 3. The number of halogens is 1. The molecule has 1 N–H and O–H groups in total. The second-order valence-electron chi connectivity index (χ2n) is 6.27. The number of pyridine rings is 1.